The van der Waals surface area contributed by atoms with Crippen LogP contribution in [0.25, 0.3) is 0 Å². The maximum absolute atomic E-state index is 12.8. The second kappa shape index (κ2) is 10.9. The zero-order valence-corrected chi connectivity index (χ0v) is 18.4. The lowest BCUT2D eigenvalue weighted by Crippen LogP contribution is -2.51. The minimum atomic E-state index is -3.55. The minimum Gasteiger partial charge on any atom is -0.378 e. The summed E-state index contributed by atoms with van der Waals surface area (Å²) in [5.41, 5.74) is 0. The van der Waals surface area contributed by atoms with Crippen molar-refractivity contribution in [2.45, 2.75) is 38.6 Å². The number of nitrogens with zero attached hydrogens (tertiary/aromatic N) is 2. The van der Waals surface area contributed by atoms with Crippen molar-refractivity contribution in [2.24, 2.45) is 5.92 Å². The molecule has 11 heteroatoms. The monoisotopic (exact) mass is 445 g/mol. The van der Waals surface area contributed by atoms with Gasteiger partial charge < -0.3 is 19.9 Å². The van der Waals surface area contributed by atoms with Crippen LogP contribution >= 0.6 is 0 Å². The fraction of sp³-hybridized carbons (Fsp3) is 0.789. The first kappa shape index (κ1) is 24.3. The maximum atomic E-state index is 12.8. The molecular formula is C19H31N3O7S. The Bertz CT molecular complexity index is 756. The lowest BCUT2D eigenvalue weighted by Gasteiger charge is -2.28. The summed E-state index contributed by atoms with van der Waals surface area (Å²) < 4.78 is 28.8. The number of amides is 3. The number of morpholine rings is 1. The number of sulfone groups is 1. The summed E-state index contributed by atoms with van der Waals surface area (Å²) in [6.45, 7) is 4.22. The highest BCUT2D eigenvalue weighted by Gasteiger charge is 2.34. The van der Waals surface area contributed by atoms with E-state index >= 15 is 0 Å². The van der Waals surface area contributed by atoms with E-state index in [-0.39, 0.29) is 18.7 Å². The number of hydrogen-bond donors (Lipinski definition) is 1. The average molecular weight is 446 g/mol. The summed E-state index contributed by atoms with van der Waals surface area (Å²) in [5, 5.41) is 2.51. The number of rotatable bonds is 9. The van der Waals surface area contributed by atoms with Gasteiger partial charge in [-0.1, -0.05) is 6.92 Å². The van der Waals surface area contributed by atoms with E-state index < -0.39 is 45.1 Å². The number of ether oxygens (including phenoxy) is 1. The standard InChI is InChI=1S/C19H31N3O7S/c1-3-15(17(24)19(26)22-6-4-5-7-22)20-18(25)14(13-30(2,27)28)12-16(23)21-8-10-29-11-9-21/h14-15H,3-13H2,1-2H3,(H,20,25)/t14?,15-/m0/s1. The molecule has 2 aliphatic rings. The van der Waals surface area contributed by atoms with Gasteiger partial charge in [0.25, 0.3) is 5.91 Å². The predicted octanol–water partition coefficient (Wildman–Crippen LogP) is -1.02. The summed E-state index contributed by atoms with van der Waals surface area (Å²) in [6, 6.07) is -1.05. The van der Waals surface area contributed by atoms with Gasteiger partial charge in [0.1, 0.15) is 9.84 Å². The second-order valence-corrected chi connectivity index (χ2v) is 10.0. The molecule has 0 saturated carbocycles. The molecule has 0 aromatic carbocycles. The molecule has 2 fully saturated rings. The van der Waals surface area contributed by atoms with Crippen LogP contribution in [-0.4, -0.2) is 99.2 Å². The van der Waals surface area contributed by atoms with Crippen LogP contribution in [0, 0.1) is 5.92 Å². The molecule has 30 heavy (non-hydrogen) atoms. The van der Waals surface area contributed by atoms with Crippen molar-refractivity contribution in [3.05, 3.63) is 0 Å². The van der Waals surface area contributed by atoms with Crippen LogP contribution in [0.5, 0.6) is 0 Å². The first-order valence-corrected chi connectivity index (χ1v) is 12.3. The van der Waals surface area contributed by atoms with Crippen molar-refractivity contribution >= 4 is 33.3 Å². The summed E-state index contributed by atoms with van der Waals surface area (Å²) in [7, 11) is -3.55. The molecule has 170 valence electrons. The molecule has 0 spiro atoms. The van der Waals surface area contributed by atoms with Crippen LogP contribution in [0.1, 0.15) is 32.6 Å². The van der Waals surface area contributed by atoms with Crippen molar-refractivity contribution in [3.63, 3.8) is 0 Å². The van der Waals surface area contributed by atoms with Gasteiger partial charge in [-0.25, -0.2) is 8.42 Å². The fourth-order valence-electron chi connectivity index (χ4n) is 3.61. The first-order valence-electron chi connectivity index (χ1n) is 10.3. The zero-order chi connectivity index (χ0) is 22.3. The summed E-state index contributed by atoms with van der Waals surface area (Å²) in [4.78, 5) is 53.3. The highest BCUT2D eigenvalue weighted by atomic mass is 32.2. The number of carbonyl (C=O) groups is 4. The van der Waals surface area contributed by atoms with Crippen molar-refractivity contribution < 1.29 is 32.3 Å². The molecule has 0 aromatic rings. The molecule has 2 atom stereocenters. The van der Waals surface area contributed by atoms with Gasteiger partial charge in [-0.15, -0.1) is 0 Å². The van der Waals surface area contributed by atoms with Gasteiger partial charge >= 0.3 is 0 Å². The van der Waals surface area contributed by atoms with E-state index in [4.69, 9.17) is 4.74 Å². The maximum Gasteiger partial charge on any atom is 0.292 e. The Kier molecular flexibility index (Phi) is 8.78. The molecule has 0 aromatic heterocycles. The van der Waals surface area contributed by atoms with Gasteiger partial charge in [0.05, 0.1) is 30.9 Å². The van der Waals surface area contributed by atoms with Gasteiger partial charge in [-0.2, -0.15) is 0 Å². The van der Waals surface area contributed by atoms with Crippen molar-refractivity contribution in [2.75, 3.05) is 51.4 Å². The third-order valence-electron chi connectivity index (χ3n) is 5.30. The van der Waals surface area contributed by atoms with E-state index in [1.807, 2.05) is 0 Å². The van der Waals surface area contributed by atoms with Crippen LogP contribution in [-0.2, 0) is 33.8 Å². The Morgan fingerprint density at radius 3 is 2.13 bits per heavy atom. The van der Waals surface area contributed by atoms with E-state index in [0.717, 1.165) is 19.1 Å². The largest absolute Gasteiger partial charge is 0.378 e. The smallest absolute Gasteiger partial charge is 0.292 e. The number of likely N-dealkylation sites (tertiary alicyclic amines) is 1. The quantitative estimate of drug-likeness (QED) is 0.450. The van der Waals surface area contributed by atoms with Crippen molar-refractivity contribution in [3.8, 4) is 0 Å². The number of carbonyl (C=O) groups excluding carboxylic acids is 4. The molecule has 0 radical (unpaired) electrons. The Balaban J connectivity index is 2.06. The molecular weight excluding hydrogens is 414 g/mol. The van der Waals surface area contributed by atoms with Crippen LogP contribution in [0.4, 0.5) is 0 Å². The van der Waals surface area contributed by atoms with E-state index in [9.17, 15) is 27.6 Å². The van der Waals surface area contributed by atoms with Crippen LogP contribution < -0.4 is 5.32 Å². The normalized spacial score (nSPS) is 19.3. The number of ketones is 1. The molecule has 3 amide bonds. The van der Waals surface area contributed by atoms with Crippen LogP contribution in [0.2, 0.25) is 0 Å². The average Bonchev–Trinajstić information content (AvgIpc) is 3.24. The van der Waals surface area contributed by atoms with E-state index in [1.165, 1.54) is 9.80 Å². The third-order valence-corrected chi connectivity index (χ3v) is 6.31. The lowest BCUT2D eigenvalue weighted by atomic mass is 10.0. The molecule has 2 saturated heterocycles. The van der Waals surface area contributed by atoms with E-state index in [1.54, 1.807) is 6.92 Å². The number of hydrogen-bond acceptors (Lipinski definition) is 7. The fourth-order valence-corrected chi connectivity index (χ4v) is 4.61. The molecule has 2 heterocycles. The zero-order valence-electron chi connectivity index (χ0n) is 17.6. The summed E-state index contributed by atoms with van der Waals surface area (Å²) in [6.07, 6.45) is 2.56. The molecule has 2 aliphatic heterocycles. The molecule has 1 unspecified atom stereocenters. The molecule has 1 N–H and O–H groups in total. The van der Waals surface area contributed by atoms with E-state index in [0.29, 0.717) is 39.4 Å². The van der Waals surface area contributed by atoms with Gasteiger partial charge in [-0.05, 0) is 19.3 Å². The predicted molar refractivity (Wildman–Crippen MR) is 108 cm³/mol. The molecule has 0 bridgehead atoms. The minimum absolute atomic E-state index is 0.188. The Labute approximate surface area is 177 Å². The Morgan fingerprint density at radius 2 is 1.60 bits per heavy atom. The van der Waals surface area contributed by atoms with Gasteiger partial charge in [0.15, 0.2) is 0 Å². The number of nitrogens with one attached hydrogen (secondary N) is 1. The highest BCUT2D eigenvalue weighted by Crippen LogP contribution is 2.14. The lowest BCUT2D eigenvalue weighted by molar-refractivity contribution is -0.146. The summed E-state index contributed by atoms with van der Waals surface area (Å²) >= 11 is 0. The second-order valence-electron chi connectivity index (χ2n) is 7.82. The topological polar surface area (TPSA) is 130 Å². The van der Waals surface area contributed by atoms with Gasteiger partial charge in [0, 0.05) is 38.9 Å². The SMILES string of the molecule is CC[C@H](NC(=O)C(CC(=O)N1CCOCC1)CS(C)(=O)=O)C(=O)C(=O)N1CCCC1. The third kappa shape index (κ3) is 7.05. The van der Waals surface area contributed by atoms with Crippen LogP contribution in [0.3, 0.4) is 0 Å². The van der Waals surface area contributed by atoms with Crippen LogP contribution in [0.15, 0.2) is 0 Å². The van der Waals surface area contributed by atoms with E-state index in [2.05, 4.69) is 5.32 Å². The van der Waals surface area contributed by atoms with Crippen molar-refractivity contribution in [1.29, 1.82) is 0 Å². The molecule has 10 nitrogen and oxygen atoms in total. The Morgan fingerprint density at radius 1 is 1.00 bits per heavy atom. The van der Waals surface area contributed by atoms with Gasteiger partial charge in [0.2, 0.25) is 17.6 Å². The molecule has 2 rings (SSSR count). The first-order chi connectivity index (χ1) is 14.1. The summed E-state index contributed by atoms with van der Waals surface area (Å²) in [5.74, 6) is -4.06. The molecule has 0 aliphatic carbocycles. The van der Waals surface area contributed by atoms with Gasteiger partial charge in [-0.3, -0.25) is 19.2 Å². The highest BCUT2D eigenvalue weighted by molar-refractivity contribution is 7.90. The Hall–Kier alpha value is -2.01. The number of Topliss-reactive ketones (excluding diaryl/α,β-unsaturated/α-hetero) is 1. The van der Waals surface area contributed by atoms with Crippen molar-refractivity contribution in [1.82, 2.24) is 15.1 Å².